The maximum absolute atomic E-state index is 9.95. The van der Waals surface area contributed by atoms with E-state index < -0.39 is 6.10 Å². The monoisotopic (exact) mass is 323 g/mol. The summed E-state index contributed by atoms with van der Waals surface area (Å²) < 4.78 is 0. The van der Waals surface area contributed by atoms with Gasteiger partial charge in [0.05, 0.1) is 0 Å². The third-order valence-electron chi connectivity index (χ3n) is 4.08. The Hall–Kier alpha value is -2.73. The van der Waals surface area contributed by atoms with Gasteiger partial charge in [-0.05, 0) is 36.1 Å². The highest BCUT2D eigenvalue weighted by molar-refractivity contribution is 5.50. The summed E-state index contributed by atoms with van der Waals surface area (Å²) in [6.45, 7) is 2.20. The number of nitrogens with one attached hydrogen (secondary N) is 2. The van der Waals surface area contributed by atoms with E-state index in [4.69, 9.17) is 0 Å². The molecule has 0 spiro atoms. The Labute approximate surface area is 140 Å². The van der Waals surface area contributed by atoms with Gasteiger partial charge in [0.25, 0.3) is 0 Å². The lowest BCUT2D eigenvalue weighted by Gasteiger charge is -2.13. The number of nitrogens with zero attached hydrogens (tertiary/aromatic N) is 3. The molecule has 0 aliphatic heterocycles. The second-order valence-electron chi connectivity index (χ2n) is 5.76. The molecule has 2 unspecified atom stereocenters. The topological polar surface area (TPSA) is 90.5 Å². The van der Waals surface area contributed by atoms with Gasteiger partial charge in [0, 0.05) is 17.8 Å². The molecule has 2 atom stereocenters. The van der Waals surface area contributed by atoms with Crippen molar-refractivity contribution in [3.05, 3.63) is 71.3 Å². The minimum atomic E-state index is -0.867. The summed E-state index contributed by atoms with van der Waals surface area (Å²) in [5, 5.41) is 23.2. The first-order valence-electron chi connectivity index (χ1n) is 8.08. The summed E-state index contributed by atoms with van der Waals surface area (Å²) in [5.41, 5.74) is 3.55. The predicted octanol–water partition coefficient (Wildman–Crippen LogP) is 3.01. The molecule has 3 aromatic rings. The largest absolute Gasteiger partial charge is 0.381 e. The molecule has 6 nitrogen and oxygen atoms in total. The Morgan fingerprint density at radius 1 is 1.25 bits per heavy atom. The minimum Gasteiger partial charge on any atom is -0.381 e. The van der Waals surface area contributed by atoms with Crippen molar-refractivity contribution in [2.24, 2.45) is 0 Å². The molecule has 3 rings (SSSR count). The van der Waals surface area contributed by atoms with Crippen LogP contribution in [0, 0.1) is 0 Å². The van der Waals surface area contributed by atoms with Crippen LogP contribution in [0.15, 0.2) is 48.7 Å². The Kier molecular flexibility index (Phi) is 5.18. The van der Waals surface area contributed by atoms with Crippen LogP contribution in [-0.4, -0.2) is 30.7 Å². The highest BCUT2D eigenvalue weighted by Crippen LogP contribution is 2.24. The van der Waals surface area contributed by atoms with Crippen LogP contribution in [0.1, 0.15) is 48.0 Å². The zero-order valence-electron chi connectivity index (χ0n) is 13.6. The van der Waals surface area contributed by atoms with Crippen LogP contribution in [0.3, 0.4) is 0 Å². The van der Waals surface area contributed by atoms with Gasteiger partial charge in [0.2, 0.25) is 5.82 Å². The maximum atomic E-state index is 9.95. The molecule has 0 amide bonds. The third kappa shape index (κ3) is 3.97. The Bertz CT molecular complexity index is 764. The molecular formula is C18H21N5O. The van der Waals surface area contributed by atoms with Crippen molar-refractivity contribution in [3.8, 4) is 0 Å². The van der Waals surface area contributed by atoms with E-state index in [1.807, 2.05) is 18.3 Å². The van der Waals surface area contributed by atoms with Gasteiger partial charge in [0.1, 0.15) is 6.10 Å². The van der Waals surface area contributed by atoms with E-state index in [9.17, 15) is 5.11 Å². The minimum absolute atomic E-state index is 0.262. The van der Waals surface area contributed by atoms with E-state index >= 15 is 0 Å². The number of rotatable bonds is 7. The lowest BCUT2D eigenvalue weighted by atomic mass is 9.94. The number of aromatic amines is 2. The lowest BCUT2D eigenvalue weighted by Crippen LogP contribution is -2.01. The standard InChI is InChI=1S/C18H21N5O/c1-2-15(10-13-6-4-3-5-7-13)16-11-14(12-19-16)8-9-17(24)18-20-22-23-21-18/h3-9,11-12,15,17,19,24H,2,10H2,1H3,(H,20,21,22,23)/b9-8+. The first kappa shape index (κ1) is 16.1. The molecule has 2 heterocycles. The van der Waals surface area contributed by atoms with E-state index in [-0.39, 0.29) is 5.82 Å². The smallest absolute Gasteiger partial charge is 0.206 e. The molecule has 6 heteroatoms. The molecule has 0 aliphatic carbocycles. The van der Waals surface area contributed by atoms with Gasteiger partial charge in [-0.15, -0.1) is 10.2 Å². The molecule has 1 aromatic carbocycles. The van der Waals surface area contributed by atoms with Gasteiger partial charge in [-0.25, -0.2) is 0 Å². The van der Waals surface area contributed by atoms with Crippen LogP contribution >= 0.6 is 0 Å². The quantitative estimate of drug-likeness (QED) is 0.623. The SMILES string of the molecule is CCC(Cc1ccccc1)c1cc(/C=C/C(O)c2nn[nH]n2)c[nH]1. The average molecular weight is 323 g/mol. The molecule has 0 saturated carbocycles. The Morgan fingerprint density at radius 3 is 2.79 bits per heavy atom. The number of benzene rings is 1. The third-order valence-corrected chi connectivity index (χ3v) is 4.08. The Morgan fingerprint density at radius 2 is 2.08 bits per heavy atom. The lowest BCUT2D eigenvalue weighted by molar-refractivity contribution is 0.219. The molecule has 24 heavy (non-hydrogen) atoms. The summed E-state index contributed by atoms with van der Waals surface area (Å²) in [6, 6.07) is 12.6. The molecule has 2 aromatic heterocycles. The maximum Gasteiger partial charge on any atom is 0.206 e. The molecular weight excluding hydrogens is 302 g/mol. The van der Waals surface area contributed by atoms with Crippen molar-refractivity contribution >= 4 is 6.08 Å². The van der Waals surface area contributed by atoms with Crippen molar-refractivity contribution in [1.82, 2.24) is 25.6 Å². The predicted molar refractivity (Wildman–Crippen MR) is 92.1 cm³/mol. The van der Waals surface area contributed by atoms with Gasteiger partial charge in [-0.1, -0.05) is 48.5 Å². The second kappa shape index (κ2) is 7.70. The highest BCUT2D eigenvalue weighted by Gasteiger charge is 2.12. The van der Waals surface area contributed by atoms with Gasteiger partial charge in [-0.2, -0.15) is 5.21 Å². The molecule has 0 saturated heterocycles. The fourth-order valence-corrected chi connectivity index (χ4v) is 2.72. The van der Waals surface area contributed by atoms with E-state index in [1.165, 1.54) is 11.3 Å². The van der Waals surface area contributed by atoms with Crippen molar-refractivity contribution in [1.29, 1.82) is 0 Å². The highest BCUT2D eigenvalue weighted by atomic mass is 16.3. The Balaban J connectivity index is 1.67. The zero-order chi connectivity index (χ0) is 16.8. The normalized spacial score (nSPS) is 14.1. The first-order chi connectivity index (χ1) is 11.8. The van der Waals surface area contributed by atoms with Crippen LogP contribution in [0.25, 0.3) is 6.08 Å². The van der Waals surface area contributed by atoms with E-state index in [1.54, 1.807) is 6.08 Å². The van der Waals surface area contributed by atoms with Gasteiger partial charge in [0.15, 0.2) is 0 Å². The van der Waals surface area contributed by atoms with Crippen molar-refractivity contribution in [2.45, 2.75) is 31.8 Å². The number of hydrogen-bond donors (Lipinski definition) is 3. The number of aliphatic hydroxyl groups is 1. The fraction of sp³-hybridized carbons (Fsp3) is 0.278. The van der Waals surface area contributed by atoms with Crippen LogP contribution in [0.5, 0.6) is 0 Å². The molecule has 0 aliphatic rings. The van der Waals surface area contributed by atoms with E-state index in [2.05, 4.69) is 62.9 Å². The van der Waals surface area contributed by atoms with E-state index in [0.29, 0.717) is 5.92 Å². The molecule has 0 bridgehead atoms. The van der Waals surface area contributed by atoms with Crippen LogP contribution in [0.2, 0.25) is 0 Å². The number of hydrogen-bond acceptors (Lipinski definition) is 4. The van der Waals surface area contributed by atoms with Gasteiger partial charge < -0.3 is 10.1 Å². The average Bonchev–Trinajstić information content (AvgIpc) is 3.30. The number of tetrazole rings is 1. The van der Waals surface area contributed by atoms with Gasteiger partial charge in [-0.3, -0.25) is 0 Å². The van der Waals surface area contributed by atoms with Crippen LogP contribution in [0.4, 0.5) is 0 Å². The summed E-state index contributed by atoms with van der Waals surface area (Å²) in [7, 11) is 0. The molecule has 124 valence electrons. The van der Waals surface area contributed by atoms with Crippen molar-refractivity contribution < 1.29 is 5.11 Å². The number of H-pyrrole nitrogens is 2. The molecule has 0 radical (unpaired) electrons. The molecule has 3 N–H and O–H groups in total. The summed E-state index contributed by atoms with van der Waals surface area (Å²) in [4.78, 5) is 3.35. The van der Waals surface area contributed by atoms with Crippen molar-refractivity contribution in [3.63, 3.8) is 0 Å². The molecule has 0 fully saturated rings. The van der Waals surface area contributed by atoms with Crippen LogP contribution in [-0.2, 0) is 6.42 Å². The van der Waals surface area contributed by atoms with Gasteiger partial charge >= 0.3 is 0 Å². The summed E-state index contributed by atoms with van der Waals surface area (Å²) in [5.74, 6) is 0.703. The van der Waals surface area contributed by atoms with Crippen molar-refractivity contribution in [2.75, 3.05) is 0 Å². The van der Waals surface area contributed by atoms with Crippen LogP contribution < -0.4 is 0 Å². The fourth-order valence-electron chi connectivity index (χ4n) is 2.72. The van der Waals surface area contributed by atoms with E-state index in [0.717, 1.165) is 18.4 Å². The number of aliphatic hydroxyl groups excluding tert-OH is 1. The first-order valence-corrected chi connectivity index (χ1v) is 8.08. The summed E-state index contributed by atoms with van der Waals surface area (Å²) in [6.07, 6.45) is 6.65. The number of aromatic nitrogens is 5. The second-order valence-corrected chi connectivity index (χ2v) is 5.76. The zero-order valence-corrected chi connectivity index (χ0v) is 13.6. The summed E-state index contributed by atoms with van der Waals surface area (Å²) >= 11 is 0.